The number of benzene rings is 1. The molecule has 0 spiro atoms. The van der Waals surface area contributed by atoms with Crippen LogP contribution in [0.4, 0.5) is 4.79 Å². The van der Waals surface area contributed by atoms with Gasteiger partial charge in [0, 0.05) is 30.7 Å². The van der Waals surface area contributed by atoms with Crippen molar-refractivity contribution in [1.29, 1.82) is 0 Å². The lowest BCUT2D eigenvalue weighted by molar-refractivity contribution is 0.0189. The second-order valence-electron chi connectivity index (χ2n) is 9.83. The van der Waals surface area contributed by atoms with Crippen molar-refractivity contribution in [2.45, 2.75) is 55.2 Å². The number of ether oxygens (including phenoxy) is 1. The predicted molar refractivity (Wildman–Crippen MR) is 133 cm³/mol. The molecule has 1 N–H and O–H groups in total. The summed E-state index contributed by atoms with van der Waals surface area (Å²) in [4.78, 5) is 38.3. The Kier molecular flexibility index (Phi) is 5.82. The number of nitrogens with one attached hydrogen (secondary N) is 1. The topological polar surface area (TPSA) is 127 Å². The summed E-state index contributed by atoms with van der Waals surface area (Å²) >= 11 is 0. The first-order valence-corrected chi connectivity index (χ1v) is 13.2. The Bertz CT molecular complexity index is 1560. The van der Waals surface area contributed by atoms with Crippen LogP contribution in [-0.2, 0) is 14.6 Å². The number of piperidine rings is 1. The monoisotopic (exact) mass is 509 g/mol. The fraction of sp³-hybridized carbons (Fsp3) is 0.360. The molecule has 1 aliphatic heterocycles. The summed E-state index contributed by atoms with van der Waals surface area (Å²) in [7, 11) is -4.01. The summed E-state index contributed by atoms with van der Waals surface area (Å²) in [5, 5.41) is 0.471. The molecule has 0 unspecified atom stereocenters. The maximum absolute atomic E-state index is 13.6. The molecule has 36 heavy (non-hydrogen) atoms. The van der Waals surface area contributed by atoms with Gasteiger partial charge >= 0.3 is 6.09 Å². The van der Waals surface area contributed by atoms with E-state index in [4.69, 9.17) is 4.74 Å². The number of carbonyl (C=O) groups excluding carboxylic acids is 2. The van der Waals surface area contributed by atoms with Crippen LogP contribution in [0.25, 0.3) is 22.1 Å². The van der Waals surface area contributed by atoms with Gasteiger partial charge in [0.2, 0.25) is 9.84 Å². The Morgan fingerprint density at radius 1 is 1.11 bits per heavy atom. The molecule has 4 aromatic rings. The summed E-state index contributed by atoms with van der Waals surface area (Å²) in [6.45, 7) is 6.34. The van der Waals surface area contributed by atoms with Gasteiger partial charge in [-0.1, -0.05) is 18.2 Å². The van der Waals surface area contributed by atoms with E-state index in [-0.39, 0.29) is 33.4 Å². The van der Waals surface area contributed by atoms with Crippen molar-refractivity contribution >= 4 is 44.3 Å². The molecule has 1 aromatic carbocycles. The molecule has 1 amide bonds. The number of aromatic nitrogens is 4. The number of amides is 1. The zero-order valence-corrected chi connectivity index (χ0v) is 21.1. The van der Waals surface area contributed by atoms with Crippen LogP contribution in [0.2, 0.25) is 0 Å². The van der Waals surface area contributed by atoms with E-state index in [9.17, 15) is 18.0 Å². The Morgan fingerprint density at radius 3 is 2.44 bits per heavy atom. The Balaban J connectivity index is 1.60. The van der Waals surface area contributed by atoms with Crippen molar-refractivity contribution in [3.05, 3.63) is 48.4 Å². The van der Waals surface area contributed by atoms with Gasteiger partial charge in [0.25, 0.3) is 0 Å². The molecule has 0 aliphatic carbocycles. The standard InChI is InChI=1S/C25H27N5O5S/c1-25(2,3)35-24(32)29-13-10-16(11-14-29)30-19(15-31)27-20-21(30)18-9-12-26-22(18)28-23(20)36(33,34)17-7-5-4-6-8-17/h4-9,12,15-16H,10-11,13-14H2,1-3H3,(H,26,28). The van der Waals surface area contributed by atoms with Crippen LogP contribution < -0.4 is 0 Å². The highest BCUT2D eigenvalue weighted by Gasteiger charge is 2.33. The zero-order valence-electron chi connectivity index (χ0n) is 20.3. The number of imidazole rings is 1. The number of aldehydes is 1. The average molecular weight is 510 g/mol. The maximum Gasteiger partial charge on any atom is 0.410 e. The van der Waals surface area contributed by atoms with Crippen molar-refractivity contribution in [1.82, 2.24) is 24.4 Å². The van der Waals surface area contributed by atoms with E-state index < -0.39 is 15.4 Å². The van der Waals surface area contributed by atoms with Gasteiger partial charge in [0.05, 0.1) is 10.4 Å². The Labute approximate surface area is 208 Å². The second-order valence-corrected chi connectivity index (χ2v) is 11.7. The lowest BCUT2D eigenvalue weighted by atomic mass is 10.0. The van der Waals surface area contributed by atoms with Crippen LogP contribution in [0.5, 0.6) is 0 Å². The van der Waals surface area contributed by atoms with Gasteiger partial charge in [0.1, 0.15) is 16.8 Å². The fourth-order valence-electron chi connectivity index (χ4n) is 4.64. The number of rotatable bonds is 4. The number of aromatic amines is 1. The molecule has 1 fully saturated rings. The third-order valence-electron chi connectivity index (χ3n) is 6.23. The molecule has 0 bridgehead atoms. The highest BCUT2D eigenvalue weighted by Crippen LogP contribution is 2.36. The van der Waals surface area contributed by atoms with Crippen LogP contribution in [0.15, 0.2) is 52.5 Å². The third-order valence-corrected chi connectivity index (χ3v) is 7.92. The minimum Gasteiger partial charge on any atom is -0.444 e. The smallest absolute Gasteiger partial charge is 0.410 e. The summed E-state index contributed by atoms with van der Waals surface area (Å²) < 4.78 is 34.4. The average Bonchev–Trinajstić information content (AvgIpc) is 3.47. The minimum absolute atomic E-state index is 0.0950. The number of likely N-dealkylation sites (tertiary alicyclic amines) is 1. The lowest BCUT2D eigenvalue weighted by Gasteiger charge is -2.34. The zero-order chi connectivity index (χ0) is 25.7. The van der Waals surface area contributed by atoms with E-state index in [1.807, 2.05) is 20.8 Å². The van der Waals surface area contributed by atoms with Gasteiger partial charge in [-0.05, 0) is 51.8 Å². The number of nitrogens with zero attached hydrogens (tertiary/aromatic N) is 4. The molecule has 188 valence electrons. The lowest BCUT2D eigenvalue weighted by Crippen LogP contribution is -2.42. The maximum atomic E-state index is 13.6. The van der Waals surface area contributed by atoms with Gasteiger partial charge < -0.3 is 19.2 Å². The fourth-order valence-corrected chi connectivity index (χ4v) is 5.99. The first kappa shape index (κ1) is 24.0. The van der Waals surface area contributed by atoms with Crippen LogP contribution in [-0.4, -0.2) is 63.9 Å². The van der Waals surface area contributed by atoms with Crippen molar-refractivity contribution in [2.75, 3.05) is 13.1 Å². The molecule has 0 saturated carbocycles. The molecule has 5 rings (SSSR count). The summed E-state index contributed by atoms with van der Waals surface area (Å²) in [6.07, 6.45) is 3.05. The van der Waals surface area contributed by atoms with E-state index in [1.54, 1.807) is 39.9 Å². The van der Waals surface area contributed by atoms with E-state index in [2.05, 4.69) is 15.0 Å². The number of fused-ring (bicyclic) bond motifs is 3. The number of H-pyrrole nitrogens is 1. The van der Waals surface area contributed by atoms with E-state index in [0.29, 0.717) is 48.8 Å². The first-order valence-electron chi connectivity index (χ1n) is 11.7. The highest BCUT2D eigenvalue weighted by atomic mass is 32.2. The molecule has 11 heteroatoms. The van der Waals surface area contributed by atoms with Gasteiger partial charge in [-0.2, -0.15) is 0 Å². The van der Waals surface area contributed by atoms with Gasteiger partial charge in [-0.25, -0.2) is 23.2 Å². The number of sulfone groups is 1. The van der Waals surface area contributed by atoms with Crippen LogP contribution in [0.1, 0.15) is 50.3 Å². The van der Waals surface area contributed by atoms with E-state index >= 15 is 0 Å². The van der Waals surface area contributed by atoms with Gasteiger partial charge in [0.15, 0.2) is 17.1 Å². The molecule has 4 heterocycles. The summed E-state index contributed by atoms with van der Waals surface area (Å²) in [5.41, 5.74) is 0.491. The Hall–Kier alpha value is -3.73. The van der Waals surface area contributed by atoms with Crippen LogP contribution in [0, 0.1) is 0 Å². The molecule has 1 aliphatic rings. The molecule has 10 nitrogen and oxygen atoms in total. The van der Waals surface area contributed by atoms with Crippen molar-refractivity contribution in [2.24, 2.45) is 0 Å². The SMILES string of the molecule is CC(C)(C)OC(=O)N1CCC(n2c(C=O)nc3c(S(=O)(=O)c4ccccc4)nc4[nH]ccc4c32)CC1. The van der Waals surface area contributed by atoms with Gasteiger partial charge in [-0.15, -0.1) is 0 Å². The summed E-state index contributed by atoms with van der Waals surface area (Å²) in [6, 6.07) is 9.67. The number of carbonyl (C=O) groups is 2. The molecule has 0 atom stereocenters. The highest BCUT2D eigenvalue weighted by molar-refractivity contribution is 7.91. The predicted octanol–water partition coefficient (Wildman–Crippen LogP) is 4.13. The van der Waals surface area contributed by atoms with Gasteiger partial charge in [-0.3, -0.25) is 4.79 Å². The largest absolute Gasteiger partial charge is 0.444 e. The van der Waals surface area contributed by atoms with Crippen LogP contribution >= 0.6 is 0 Å². The van der Waals surface area contributed by atoms with Crippen molar-refractivity contribution in [3.63, 3.8) is 0 Å². The Morgan fingerprint density at radius 2 is 1.81 bits per heavy atom. The van der Waals surface area contributed by atoms with E-state index in [0.717, 1.165) is 0 Å². The quantitative estimate of drug-likeness (QED) is 0.410. The minimum atomic E-state index is -4.01. The normalized spacial score (nSPS) is 15.5. The number of hydrogen-bond acceptors (Lipinski definition) is 7. The van der Waals surface area contributed by atoms with E-state index in [1.165, 1.54) is 12.1 Å². The molecular weight excluding hydrogens is 482 g/mol. The third kappa shape index (κ3) is 4.13. The van der Waals surface area contributed by atoms with Crippen molar-refractivity contribution < 1.29 is 22.7 Å². The second kappa shape index (κ2) is 8.74. The molecule has 1 saturated heterocycles. The molecule has 0 radical (unpaired) electrons. The number of pyridine rings is 1. The van der Waals surface area contributed by atoms with Crippen molar-refractivity contribution in [3.8, 4) is 0 Å². The molecule has 3 aromatic heterocycles. The number of hydrogen-bond donors (Lipinski definition) is 1. The first-order chi connectivity index (χ1) is 17.1. The van der Waals surface area contributed by atoms with Crippen LogP contribution in [0.3, 0.4) is 0 Å². The summed E-state index contributed by atoms with van der Waals surface area (Å²) in [5.74, 6) is 0.126. The molecular formula is C25H27N5O5S.